The van der Waals surface area contributed by atoms with Gasteiger partial charge in [-0.3, -0.25) is 9.69 Å². The molecule has 1 aliphatic carbocycles. The van der Waals surface area contributed by atoms with Crippen molar-refractivity contribution in [1.29, 1.82) is 0 Å². The van der Waals surface area contributed by atoms with Gasteiger partial charge in [-0.05, 0) is 43.5 Å². The summed E-state index contributed by atoms with van der Waals surface area (Å²) in [6, 6.07) is 17.2. The maximum Gasteiger partial charge on any atom is 0.282 e. The Morgan fingerprint density at radius 2 is 1.96 bits per heavy atom. The SMILES string of the molecule is Cc1ccc(CNC(=O)c2nnc(CN(C)C3CCc4ccccc43)s2)cc1. The number of carbonyl (C=O) groups is 1. The van der Waals surface area contributed by atoms with E-state index in [1.165, 1.54) is 28.0 Å². The molecular formula is C22H24N4OS. The second kappa shape index (κ2) is 8.20. The highest BCUT2D eigenvalue weighted by atomic mass is 32.1. The summed E-state index contributed by atoms with van der Waals surface area (Å²) in [6.07, 6.45) is 2.24. The van der Waals surface area contributed by atoms with E-state index < -0.39 is 0 Å². The lowest BCUT2D eigenvalue weighted by Crippen LogP contribution is -2.22. The van der Waals surface area contributed by atoms with Gasteiger partial charge in [-0.2, -0.15) is 0 Å². The Labute approximate surface area is 169 Å². The predicted octanol–water partition coefficient (Wildman–Crippen LogP) is 3.90. The molecule has 6 heteroatoms. The number of aryl methyl sites for hydroxylation is 2. The molecule has 0 radical (unpaired) electrons. The van der Waals surface area contributed by atoms with Gasteiger partial charge in [0.25, 0.3) is 5.91 Å². The first kappa shape index (κ1) is 18.8. The number of hydrogen-bond donors (Lipinski definition) is 1. The predicted molar refractivity (Wildman–Crippen MR) is 111 cm³/mol. The van der Waals surface area contributed by atoms with Gasteiger partial charge in [-0.1, -0.05) is 65.4 Å². The largest absolute Gasteiger partial charge is 0.346 e. The van der Waals surface area contributed by atoms with Crippen molar-refractivity contribution in [3.8, 4) is 0 Å². The van der Waals surface area contributed by atoms with Crippen LogP contribution in [0.5, 0.6) is 0 Å². The minimum absolute atomic E-state index is 0.168. The van der Waals surface area contributed by atoms with E-state index in [0.29, 0.717) is 24.1 Å². The summed E-state index contributed by atoms with van der Waals surface area (Å²) in [5.41, 5.74) is 5.12. The Balaban J connectivity index is 1.35. The van der Waals surface area contributed by atoms with Crippen molar-refractivity contribution in [2.24, 2.45) is 0 Å². The zero-order valence-corrected chi connectivity index (χ0v) is 17.0. The zero-order chi connectivity index (χ0) is 19.5. The molecule has 28 heavy (non-hydrogen) atoms. The van der Waals surface area contributed by atoms with Crippen LogP contribution >= 0.6 is 11.3 Å². The van der Waals surface area contributed by atoms with E-state index in [-0.39, 0.29) is 5.91 Å². The topological polar surface area (TPSA) is 58.1 Å². The van der Waals surface area contributed by atoms with Crippen LogP contribution in [0.1, 0.15) is 49.5 Å². The Morgan fingerprint density at radius 1 is 1.18 bits per heavy atom. The molecular weight excluding hydrogens is 368 g/mol. The van der Waals surface area contributed by atoms with Gasteiger partial charge in [0.15, 0.2) is 0 Å². The normalized spacial score (nSPS) is 15.6. The molecule has 0 fully saturated rings. The Morgan fingerprint density at radius 3 is 2.79 bits per heavy atom. The standard InChI is InChI=1S/C22H24N4OS/c1-15-7-9-16(10-8-15)13-23-21(27)22-25-24-20(28-22)14-26(2)19-12-11-17-5-3-4-6-18(17)19/h3-10,19H,11-14H2,1-2H3,(H,23,27). The van der Waals surface area contributed by atoms with Crippen molar-refractivity contribution in [2.45, 2.75) is 38.9 Å². The molecule has 0 saturated carbocycles. The first-order chi connectivity index (χ1) is 13.6. The molecule has 0 spiro atoms. The summed E-state index contributed by atoms with van der Waals surface area (Å²) >= 11 is 1.37. The fourth-order valence-electron chi connectivity index (χ4n) is 3.69. The number of rotatable bonds is 6. The molecule has 4 rings (SSSR count). The summed E-state index contributed by atoms with van der Waals surface area (Å²) in [5, 5.41) is 12.5. The van der Waals surface area contributed by atoms with Crippen LogP contribution in [0.25, 0.3) is 0 Å². The third-order valence-electron chi connectivity index (χ3n) is 5.25. The molecule has 1 amide bonds. The lowest BCUT2D eigenvalue weighted by molar-refractivity contribution is 0.0950. The molecule has 1 aliphatic rings. The van der Waals surface area contributed by atoms with Crippen LogP contribution < -0.4 is 5.32 Å². The Bertz CT molecular complexity index is 967. The molecule has 0 aliphatic heterocycles. The first-order valence-corrected chi connectivity index (χ1v) is 10.4. The van der Waals surface area contributed by atoms with Gasteiger partial charge in [-0.15, -0.1) is 10.2 Å². The van der Waals surface area contributed by atoms with Gasteiger partial charge in [0, 0.05) is 12.6 Å². The van der Waals surface area contributed by atoms with Crippen molar-refractivity contribution in [1.82, 2.24) is 20.4 Å². The maximum absolute atomic E-state index is 12.4. The number of amides is 1. The highest BCUT2D eigenvalue weighted by Crippen LogP contribution is 2.35. The van der Waals surface area contributed by atoms with Crippen molar-refractivity contribution in [2.75, 3.05) is 7.05 Å². The molecule has 2 aromatic carbocycles. The fraction of sp³-hybridized carbons (Fsp3) is 0.318. The van der Waals surface area contributed by atoms with E-state index >= 15 is 0 Å². The first-order valence-electron chi connectivity index (χ1n) is 9.54. The number of aromatic nitrogens is 2. The fourth-order valence-corrected chi connectivity index (χ4v) is 4.51. The van der Waals surface area contributed by atoms with Crippen LogP contribution in [-0.4, -0.2) is 28.1 Å². The minimum atomic E-state index is -0.168. The smallest absolute Gasteiger partial charge is 0.282 e. The molecule has 3 aromatic rings. The third-order valence-corrected chi connectivity index (χ3v) is 6.16. The molecule has 0 saturated heterocycles. The highest BCUT2D eigenvalue weighted by molar-refractivity contribution is 7.13. The zero-order valence-electron chi connectivity index (χ0n) is 16.2. The van der Waals surface area contributed by atoms with Gasteiger partial charge in [0.2, 0.25) is 5.01 Å². The average Bonchev–Trinajstić information content (AvgIpc) is 3.34. The molecule has 1 atom stereocenters. The van der Waals surface area contributed by atoms with E-state index in [9.17, 15) is 4.79 Å². The molecule has 1 heterocycles. The van der Waals surface area contributed by atoms with Crippen LogP contribution in [0.2, 0.25) is 0 Å². The summed E-state index contributed by atoms with van der Waals surface area (Å²) in [5.74, 6) is -0.168. The van der Waals surface area contributed by atoms with E-state index in [1.54, 1.807) is 0 Å². The Kier molecular flexibility index (Phi) is 5.50. The highest BCUT2D eigenvalue weighted by Gasteiger charge is 2.26. The molecule has 0 bridgehead atoms. The minimum Gasteiger partial charge on any atom is -0.346 e. The second-order valence-electron chi connectivity index (χ2n) is 7.34. The van der Waals surface area contributed by atoms with Gasteiger partial charge in [0.1, 0.15) is 5.01 Å². The summed E-state index contributed by atoms with van der Waals surface area (Å²) < 4.78 is 0. The number of hydrogen-bond acceptors (Lipinski definition) is 5. The monoisotopic (exact) mass is 392 g/mol. The van der Waals surface area contributed by atoms with Gasteiger partial charge >= 0.3 is 0 Å². The number of nitrogens with zero attached hydrogens (tertiary/aromatic N) is 3. The molecule has 144 valence electrons. The lowest BCUT2D eigenvalue weighted by Gasteiger charge is -2.23. The number of benzene rings is 2. The van der Waals surface area contributed by atoms with Crippen molar-refractivity contribution in [3.05, 3.63) is 80.8 Å². The maximum atomic E-state index is 12.4. The number of carbonyl (C=O) groups excluding carboxylic acids is 1. The van der Waals surface area contributed by atoms with Crippen LogP contribution in [-0.2, 0) is 19.5 Å². The summed E-state index contributed by atoms with van der Waals surface area (Å²) in [7, 11) is 2.12. The van der Waals surface area contributed by atoms with Crippen molar-refractivity contribution < 1.29 is 4.79 Å². The summed E-state index contributed by atoms with van der Waals surface area (Å²) in [4.78, 5) is 14.7. The number of fused-ring (bicyclic) bond motifs is 1. The Hall–Kier alpha value is -2.57. The molecule has 1 unspecified atom stereocenters. The van der Waals surface area contributed by atoms with Crippen molar-refractivity contribution >= 4 is 17.2 Å². The third kappa shape index (κ3) is 4.13. The molecule has 1 N–H and O–H groups in total. The number of nitrogens with one attached hydrogen (secondary N) is 1. The van der Waals surface area contributed by atoms with Crippen LogP contribution in [0.3, 0.4) is 0 Å². The van der Waals surface area contributed by atoms with Crippen LogP contribution in [0.4, 0.5) is 0 Å². The molecule has 5 nitrogen and oxygen atoms in total. The quantitative estimate of drug-likeness (QED) is 0.691. The van der Waals surface area contributed by atoms with Crippen molar-refractivity contribution in [3.63, 3.8) is 0 Å². The second-order valence-corrected chi connectivity index (χ2v) is 8.40. The van der Waals surface area contributed by atoms with Gasteiger partial charge < -0.3 is 5.32 Å². The van der Waals surface area contributed by atoms with Crippen LogP contribution in [0.15, 0.2) is 48.5 Å². The average molecular weight is 393 g/mol. The van der Waals surface area contributed by atoms with E-state index in [4.69, 9.17) is 0 Å². The van der Waals surface area contributed by atoms with E-state index in [0.717, 1.165) is 23.4 Å². The summed E-state index contributed by atoms with van der Waals surface area (Å²) in [6.45, 7) is 3.24. The van der Waals surface area contributed by atoms with E-state index in [2.05, 4.69) is 51.7 Å². The molecule has 1 aromatic heterocycles. The van der Waals surface area contributed by atoms with Crippen LogP contribution in [0, 0.1) is 6.92 Å². The van der Waals surface area contributed by atoms with Gasteiger partial charge in [-0.25, -0.2) is 0 Å². The van der Waals surface area contributed by atoms with E-state index in [1.807, 2.05) is 31.2 Å². The van der Waals surface area contributed by atoms with Gasteiger partial charge in [0.05, 0.1) is 6.54 Å². The lowest BCUT2D eigenvalue weighted by atomic mass is 10.1.